The number of hydrogen-bond donors (Lipinski definition) is 2. The summed E-state index contributed by atoms with van der Waals surface area (Å²) in [6, 6.07) is 0. The first-order valence-electron chi connectivity index (χ1n) is 4.68. The Hall–Kier alpha value is -1.32. The highest BCUT2D eigenvalue weighted by Crippen LogP contribution is 1.99. The number of rotatable bonds is 7. The van der Waals surface area contributed by atoms with Gasteiger partial charge in [-0.1, -0.05) is 13.0 Å². The first kappa shape index (κ1) is 12.7. The summed E-state index contributed by atoms with van der Waals surface area (Å²) >= 11 is 0. The van der Waals surface area contributed by atoms with Crippen molar-refractivity contribution in [2.24, 2.45) is 5.92 Å². The fourth-order valence-corrected chi connectivity index (χ4v) is 0.873. The number of amides is 1. The Morgan fingerprint density at radius 3 is 2.71 bits per heavy atom. The van der Waals surface area contributed by atoms with Crippen LogP contribution in [0.4, 0.5) is 0 Å². The molecule has 0 aliphatic rings. The van der Waals surface area contributed by atoms with E-state index in [1.54, 1.807) is 13.0 Å². The van der Waals surface area contributed by atoms with Gasteiger partial charge in [-0.15, -0.1) is 6.58 Å². The van der Waals surface area contributed by atoms with Crippen LogP contribution in [0.2, 0.25) is 0 Å². The van der Waals surface area contributed by atoms with Crippen molar-refractivity contribution >= 4 is 11.9 Å². The van der Waals surface area contributed by atoms with Crippen LogP contribution in [0.5, 0.6) is 0 Å². The molecule has 0 rings (SSSR count). The summed E-state index contributed by atoms with van der Waals surface area (Å²) in [6.07, 6.45) is 3.22. The van der Waals surface area contributed by atoms with Gasteiger partial charge in [0.2, 0.25) is 5.91 Å². The van der Waals surface area contributed by atoms with Gasteiger partial charge in [0, 0.05) is 13.0 Å². The predicted molar refractivity (Wildman–Crippen MR) is 53.9 cm³/mol. The van der Waals surface area contributed by atoms with Crippen LogP contribution < -0.4 is 5.32 Å². The number of allylic oxidation sites excluding steroid dienone is 1. The molecule has 4 heteroatoms. The van der Waals surface area contributed by atoms with Crippen LogP contribution in [0, 0.1) is 5.92 Å². The summed E-state index contributed by atoms with van der Waals surface area (Å²) in [5.74, 6) is -1.29. The summed E-state index contributed by atoms with van der Waals surface area (Å²) in [5.41, 5.74) is 0. The van der Waals surface area contributed by atoms with Gasteiger partial charge in [0.25, 0.3) is 0 Å². The van der Waals surface area contributed by atoms with Gasteiger partial charge < -0.3 is 10.4 Å². The lowest BCUT2D eigenvalue weighted by atomic mass is 10.1. The Kier molecular flexibility index (Phi) is 6.45. The minimum atomic E-state index is -0.828. The smallest absolute Gasteiger partial charge is 0.306 e. The Morgan fingerprint density at radius 2 is 2.21 bits per heavy atom. The molecule has 0 aromatic rings. The summed E-state index contributed by atoms with van der Waals surface area (Å²) in [7, 11) is 0. The molecule has 4 nitrogen and oxygen atoms in total. The molecule has 0 spiro atoms. The monoisotopic (exact) mass is 199 g/mol. The van der Waals surface area contributed by atoms with E-state index in [4.69, 9.17) is 5.11 Å². The van der Waals surface area contributed by atoms with Gasteiger partial charge in [-0.2, -0.15) is 0 Å². The minimum Gasteiger partial charge on any atom is -0.481 e. The van der Waals surface area contributed by atoms with Gasteiger partial charge in [-0.05, 0) is 12.8 Å². The van der Waals surface area contributed by atoms with Gasteiger partial charge in [-0.3, -0.25) is 9.59 Å². The van der Waals surface area contributed by atoms with Gasteiger partial charge in [0.1, 0.15) is 0 Å². The molecule has 1 amide bonds. The maximum absolute atomic E-state index is 11.0. The van der Waals surface area contributed by atoms with Gasteiger partial charge in [-0.25, -0.2) is 0 Å². The molecule has 0 heterocycles. The zero-order chi connectivity index (χ0) is 11.0. The molecule has 0 saturated heterocycles. The number of carboxylic acids is 1. The van der Waals surface area contributed by atoms with Crippen LogP contribution in [-0.4, -0.2) is 23.5 Å². The Bertz CT molecular complexity index is 213. The summed E-state index contributed by atoms with van der Waals surface area (Å²) in [6.45, 7) is 5.55. The molecule has 0 radical (unpaired) electrons. The molecule has 2 N–H and O–H groups in total. The third-order valence-electron chi connectivity index (χ3n) is 1.90. The van der Waals surface area contributed by atoms with E-state index in [-0.39, 0.29) is 5.91 Å². The molecular formula is C10H17NO3. The lowest BCUT2D eigenvalue weighted by Gasteiger charge is -2.06. The van der Waals surface area contributed by atoms with E-state index in [1.165, 1.54) is 0 Å². The highest BCUT2D eigenvalue weighted by Gasteiger charge is 2.10. The number of carbonyl (C=O) groups is 2. The van der Waals surface area contributed by atoms with Crippen molar-refractivity contribution in [3.8, 4) is 0 Å². The highest BCUT2D eigenvalue weighted by atomic mass is 16.4. The van der Waals surface area contributed by atoms with Crippen LogP contribution in [0.25, 0.3) is 0 Å². The molecule has 1 unspecified atom stereocenters. The normalized spacial score (nSPS) is 11.8. The van der Waals surface area contributed by atoms with E-state index in [2.05, 4.69) is 11.9 Å². The van der Waals surface area contributed by atoms with E-state index >= 15 is 0 Å². The predicted octanol–water partition coefficient (Wildman–Crippen LogP) is 1.18. The number of nitrogens with one attached hydrogen (secondary N) is 1. The third-order valence-corrected chi connectivity index (χ3v) is 1.90. The first-order chi connectivity index (χ1) is 6.57. The number of hydrogen-bond acceptors (Lipinski definition) is 2. The van der Waals surface area contributed by atoms with Crippen molar-refractivity contribution in [2.45, 2.75) is 26.2 Å². The van der Waals surface area contributed by atoms with Crippen LogP contribution in [-0.2, 0) is 9.59 Å². The molecule has 0 bridgehead atoms. The molecule has 1 atom stereocenters. The van der Waals surface area contributed by atoms with Crippen molar-refractivity contribution in [3.05, 3.63) is 12.7 Å². The van der Waals surface area contributed by atoms with E-state index in [9.17, 15) is 9.59 Å². The van der Waals surface area contributed by atoms with Crippen LogP contribution >= 0.6 is 0 Å². The zero-order valence-corrected chi connectivity index (χ0v) is 8.45. The average Bonchev–Trinajstić information content (AvgIpc) is 2.14. The van der Waals surface area contributed by atoms with Gasteiger partial charge >= 0.3 is 5.97 Å². The molecule has 0 aliphatic carbocycles. The minimum absolute atomic E-state index is 0.0533. The van der Waals surface area contributed by atoms with E-state index in [0.29, 0.717) is 25.8 Å². The van der Waals surface area contributed by atoms with E-state index in [0.717, 1.165) is 0 Å². The maximum Gasteiger partial charge on any atom is 0.306 e. The van der Waals surface area contributed by atoms with E-state index < -0.39 is 11.9 Å². The third kappa shape index (κ3) is 6.22. The molecule has 0 aromatic carbocycles. The standard InChI is InChI=1S/C10H17NO3/c1-3-4-5-9(12)11-7-6-8(2)10(13)14/h3,8H,1,4-7H2,2H3,(H,11,12)(H,13,14). The Labute approximate surface area is 84.0 Å². The summed E-state index contributed by atoms with van der Waals surface area (Å²) in [4.78, 5) is 21.5. The van der Waals surface area contributed by atoms with Crippen LogP contribution in [0.1, 0.15) is 26.2 Å². The average molecular weight is 199 g/mol. The van der Waals surface area contributed by atoms with Crippen LogP contribution in [0.15, 0.2) is 12.7 Å². The second-order valence-corrected chi connectivity index (χ2v) is 3.21. The fraction of sp³-hybridized carbons (Fsp3) is 0.600. The summed E-state index contributed by atoms with van der Waals surface area (Å²) < 4.78 is 0. The first-order valence-corrected chi connectivity index (χ1v) is 4.68. The number of aliphatic carboxylic acids is 1. The second-order valence-electron chi connectivity index (χ2n) is 3.21. The quantitative estimate of drug-likeness (QED) is 0.605. The van der Waals surface area contributed by atoms with Crippen molar-refractivity contribution in [1.29, 1.82) is 0 Å². The van der Waals surface area contributed by atoms with Gasteiger partial charge in [0.15, 0.2) is 0 Å². The maximum atomic E-state index is 11.0. The SMILES string of the molecule is C=CCCC(=O)NCCC(C)C(=O)O. The molecule has 0 aliphatic heterocycles. The summed E-state index contributed by atoms with van der Waals surface area (Å²) in [5, 5.41) is 11.2. The fourth-order valence-electron chi connectivity index (χ4n) is 0.873. The molecule has 0 fully saturated rings. The Balaban J connectivity index is 3.48. The lowest BCUT2D eigenvalue weighted by Crippen LogP contribution is -2.26. The Morgan fingerprint density at radius 1 is 1.57 bits per heavy atom. The number of carbonyl (C=O) groups excluding carboxylic acids is 1. The van der Waals surface area contributed by atoms with Crippen molar-refractivity contribution in [2.75, 3.05) is 6.54 Å². The topological polar surface area (TPSA) is 66.4 Å². The van der Waals surface area contributed by atoms with Crippen LogP contribution in [0.3, 0.4) is 0 Å². The van der Waals surface area contributed by atoms with E-state index in [1.807, 2.05) is 0 Å². The van der Waals surface area contributed by atoms with Crippen molar-refractivity contribution in [1.82, 2.24) is 5.32 Å². The molecule has 80 valence electrons. The second kappa shape index (κ2) is 7.12. The highest BCUT2D eigenvalue weighted by molar-refractivity contribution is 5.76. The van der Waals surface area contributed by atoms with Crippen molar-refractivity contribution < 1.29 is 14.7 Å². The molecular weight excluding hydrogens is 182 g/mol. The molecule has 14 heavy (non-hydrogen) atoms. The lowest BCUT2D eigenvalue weighted by molar-refractivity contribution is -0.141. The van der Waals surface area contributed by atoms with Crippen molar-refractivity contribution in [3.63, 3.8) is 0 Å². The molecule has 0 saturated carbocycles. The largest absolute Gasteiger partial charge is 0.481 e. The zero-order valence-electron chi connectivity index (χ0n) is 8.45. The van der Waals surface area contributed by atoms with Gasteiger partial charge in [0.05, 0.1) is 5.92 Å². The number of carboxylic acid groups (broad SMARTS) is 1. The molecule has 0 aromatic heterocycles.